The van der Waals surface area contributed by atoms with Crippen molar-refractivity contribution in [2.75, 3.05) is 18.1 Å². The molecule has 7 heteroatoms. The maximum atomic E-state index is 12.6. The summed E-state index contributed by atoms with van der Waals surface area (Å²) >= 11 is 0. The normalized spacial score (nSPS) is 22.7. The number of hydrogen-bond acceptors (Lipinski definition) is 5. The van der Waals surface area contributed by atoms with Crippen LogP contribution in [0.25, 0.3) is 0 Å². The summed E-state index contributed by atoms with van der Waals surface area (Å²) in [6, 6.07) is 3.75. The Morgan fingerprint density at radius 2 is 2.04 bits per heavy atom. The number of anilines is 1. The number of hydrogen-bond donors (Lipinski definition) is 0. The molecule has 2 saturated heterocycles. The highest BCUT2D eigenvalue weighted by atomic mass is 16.5. The zero-order valence-electron chi connectivity index (χ0n) is 12.2. The van der Waals surface area contributed by atoms with Crippen molar-refractivity contribution < 1.29 is 19.1 Å². The van der Waals surface area contributed by atoms with Crippen molar-refractivity contribution in [1.82, 2.24) is 4.90 Å². The smallest absolute Gasteiger partial charge is 0.332 e. The number of Topliss-reactive ketones (excluding diaryl/α,β-unsaturated/α-hetero) is 1. The number of fused-ring (bicyclic) bond motifs is 2. The Morgan fingerprint density at radius 1 is 1.22 bits per heavy atom. The summed E-state index contributed by atoms with van der Waals surface area (Å²) in [5.41, 5.74) is 1.50. The molecule has 0 aliphatic carbocycles. The van der Waals surface area contributed by atoms with Gasteiger partial charge in [0.15, 0.2) is 11.8 Å². The minimum atomic E-state index is -0.988. The molecule has 0 unspecified atom stereocenters. The molecule has 1 atom stereocenters. The molecule has 3 aliphatic heterocycles. The van der Waals surface area contributed by atoms with Gasteiger partial charge in [-0.15, -0.1) is 0 Å². The van der Waals surface area contributed by atoms with Crippen LogP contribution in [0.2, 0.25) is 0 Å². The van der Waals surface area contributed by atoms with Crippen molar-refractivity contribution in [2.24, 2.45) is 0 Å². The van der Waals surface area contributed by atoms with E-state index in [1.54, 1.807) is 12.1 Å². The average Bonchev–Trinajstić information content (AvgIpc) is 3.07. The number of amides is 3. The van der Waals surface area contributed by atoms with Gasteiger partial charge in [-0.3, -0.25) is 9.59 Å². The molecule has 0 radical (unpaired) electrons. The lowest BCUT2D eigenvalue weighted by Crippen LogP contribution is -2.35. The van der Waals surface area contributed by atoms with E-state index in [0.717, 1.165) is 11.3 Å². The summed E-state index contributed by atoms with van der Waals surface area (Å²) in [5.74, 6) is -0.283. The molecule has 2 fully saturated rings. The van der Waals surface area contributed by atoms with E-state index in [-0.39, 0.29) is 18.7 Å². The molecule has 1 aromatic carbocycles. The standard InChI is InChI=1S/C16H13N3O4/c17-8-9-3-4-11(10-2-1-7-23-14(9)10)19-15(21)13-12(20)5-6-18(13)16(19)22/h3-4,13H,1-2,5-7H2/t13-/m0/s1. The third kappa shape index (κ3) is 1.78. The van der Waals surface area contributed by atoms with Crippen LogP contribution in [-0.4, -0.2) is 41.8 Å². The Labute approximate surface area is 132 Å². The van der Waals surface area contributed by atoms with Crippen molar-refractivity contribution in [3.63, 3.8) is 0 Å². The molecule has 0 N–H and O–H groups in total. The monoisotopic (exact) mass is 311 g/mol. The molecular formula is C16H13N3O4. The van der Waals surface area contributed by atoms with Crippen molar-refractivity contribution in [3.05, 3.63) is 23.3 Å². The number of carbonyl (C=O) groups is 3. The van der Waals surface area contributed by atoms with E-state index in [1.807, 2.05) is 0 Å². The molecule has 0 spiro atoms. The minimum Gasteiger partial charge on any atom is -0.492 e. The van der Waals surface area contributed by atoms with Crippen LogP contribution >= 0.6 is 0 Å². The Morgan fingerprint density at radius 3 is 2.78 bits per heavy atom. The van der Waals surface area contributed by atoms with Gasteiger partial charge < -0.3 is 9.64 Å². The predicted octanol–water partition coefficient (Wildman–Crippen LogP) is 0.993. The first-order valence-corrected chi connectivity index (χ1v) is 7.49. The van der Waals surface area contributed by atoms with E-state index >= 15 is 0 Å². The van der Waals surface area contributed by atoms with Crippen molar-refractivity contribution >= 4 is 23.4 Å². The number of rotatable bonds is 1. The fourth-order valence-corrected chi connectivity index (χ4v) is 3.46. The lowest BCUT2D eigenvalue weighted by molar-refractivity contribution is -0.127. The quantitative estimate of drug-likeness (QED) is 0.570. The average molecular weight is 311 g/mol. The van der Waals surface area contributed by atoms with Crippen molar-refractivity contribution in [3.8, 4) is 11.8 Å². The molecule has 0 aromatic heterocycles. The molecule has 116 valence electrons. The maximum Gasteiger partial charge on any atom is 0.332 e. The lowest BCUT2D eigenvalue weighted by atomic mass is 9.99. The summed E-state index contributed by atoms with van der Waals surface area (Å²) < 4.78 is 5.58. The summed E-state index contributed by atoms with van der Waals surface area (Å²) in [4.78, 5) is 39.4. The maximum absolute atomic E-state index is 12.6. The van der Waals surface area contributed by atoms with Gasteiger partial charge in [0.1, 0.15) is 11.8 Å². The number of nitrogens with zero attached hydrogens (tertiary/aromatic N) is 3. The van der Waals surface area contributed by atoms with Gasteiger partial charge in [-0.25, -0.2) is 9.69 Å². The topological polar surface area (TPSA) is 90.7 Å². The highest BCUT2D eigenvalue weighted by Gasteiger charge is 2.53. The number of ketones is 1. The fourth-order valence-electron chi connectivity index (χ4n) is 3.46. The molecule has 3 aliphatic rings. The van der Waals surface area contributed by atoms with Crippen LogP contribution in [0.3, 0.4) is 0 Å². The van der Waals surface area contributed by atoms with E-state index < -0.39 is 18.0 Å². The van der Waals surface area contributed by atoms with E-state index in [2.05, 4.69) is 6.07 Å². The van der Waals surface area contributed by atoms with E-state index in [0.29, 0.717) is 35.6 Å². The minimum absolute atomic E-state index is 0.218. The summed E-state index contributed by atoms with van der Waals surface area (Å²) in [7, 11) is 0. The van der Waals surface area contributed by atoms with Gasteiger partial charge in [-0.05, 0) is 25.0 Å². The van der Waals surface area contributed by atoms with Crippen LogP contribution < -0.4 is 9.64 Å². The second kappa shape index (κ2) is 4.81. The highest BCUT2D eigenvalue weighted by Crippen LogP contribution is 2.39. The number of ether oxygens (including phenoxy) is 1. The third-order valence-electron chi connectivity index (χ3n) is 4.52. The predicted molar refractivity (Wildman–Crippen MR) is 78.0 cm³/mol. The number of carbonyl (C=O) groups excluding carboxylic acids is 3. The molecule has 3 heterocycles. The fraction of sp³-hybridized carbons (Fsp3) is 0.375. The lowest BCUT2D eigenvalue weighted by Gasteiger charge is -2.25. The highest BCUT2D eigenvalue weighted by molar-refractivity contribution is 6.29. The number of imide groups is 1. The summed E-state index contributed by atoms with van der Waals surface area (Å²) in [6.45, 7) is 0.778. The summed E-state index contributed by atoms with van der Waals surface area (Å²) in [5, 5.41) is 9.19. The van der Waals surface area contributed by atoms with Gasteiger partial charge in [-0.2, -0.15) is 5.26 Å². The molecule has 7 nitrogen and oxygen atoms in total. The molecule has 0 saturated carbocycles. The van der Waals surface area contributed by atoms with Gasteiger partial charge in [-0.1, -0.05) is 0 Å². The van der Waals surface area contributed by atoms with E-state index in [4.69, 9.17) is 4.74 Å². The van der Waals surface area contributed by atoms with Gasteiger partial charge in [0.25, 0.3) is 5.91 Å². The Balaban J connectivity index is 1.83. The Kier molecular flexibility index (Phi) is 2.88. The molecule has 23 heavy (non-hydrogen) atoms. The largest absolute Gasteiger partial charge is 0.492 e. The number of nitriles is 1. The second-order valence-electron chi connectivity index (χ2n) is 5.77. The number of urea groups is 1. The zero-order chi connectivity index (χ0) is 16.1. The van der Waals surface area contributed by atoms with Gasteiger partial charge >= 0.3 is 6.03 Å². The zero-order valence-corrected chi connectivity index (χ0v) is 12.2. The Bertz CT molecular complexity index is 795. The molecule has 4 rings (SSSR count). The molecule has 0 bridgehead atoms. The first-order chi connectivity index (χ1) is 11.1. The molecular weight excluding hydrogens is 298 g/mol. The van der Waals surface area contributed by atoms with Crippen molar-refractivity contribution in [1.29, 1.82) is 5.26 Å². The van der Waals surface area contributed by atoms with Crippen LogP contribution in [0.5, 0.6) is 5.75 Å². The first-order valence-electron chi connectivity index (χ1n) is 7.49. The molecule has 1 aromatic rings. The van der Waals surface area contributed by atoms with Crippen LogP contribution in [0.4, 0.5) is 10.5 Å². The van der Waals surface area contributed by atoms with Crippen LogP contribution in [0.1, 0.15) is 24.0 Å². The van der Waals surface area contributed by atoms with Crippen molar-refractivity contribution in [2.45, 2.75) is 25.3 Å². The van der Waals surface area contributed by atoms with Crippen LogP contribution in [0.15, 0.2) is 12.1 Å². The van der Waals surface area contributed by atoms with Crippen LogP contribution in [-0.2, 0) is 16.0 Å². The van der Waals surface area contributed by atoms with Gasteiger partial charge in [0.2, 0.25) is 0 Å². The number of benzene rings is 1. The SMILES string of the molecule is N#Cc1ccc(N2C(=O)[C@@H]3C(=O)CCN3C2=O)c2c1OCCC2. The van der Waals surface area contributed by atoms with Gasteiger partial charge in [0, 0.05) is 18.5 Å². The molecule has 3 amide bonds. The summed E-state index contributed by atoms with van der Waals surface area (Å²) in [6.07, 6.45) is 1.59. The first kappa shape index (κ1) is 13.8. The Hall–Kier alpha value is -2.88. The second-order valence-corrected chi connectivity index (χ2v) is 5.77. The van der Waals surface area contributed by atoms with Gasteiger partial charge in [0.05, 0.1) is 17.9 Å². The van der Waals surface area contributed by atoms with E-state index in [1.165, 1.54) is 4.90 Å². The van der Waals surface area contributed by atoms with Crippen LogP contribution in [0, 0.1) is 11.3 Å². The third-order valence-corrected chi connectivity index (χ3v) is 4.52. The van der Waals surface area contributed by atoms with E-state index in [9.17, 15) is 19.6 Å².